The fourth-order valence-electron chi connectivity index (χ4n) is 6.49. The summed E-state index contributed by atoms with van der Waals surface area (Å²) in [6.45, 7) is 0.580. The van der Waals surface area contributed by atoms with E-state index in [0.29, 0.717) is 29.9 Å². The molecular formula is C31H36F2N4O6. The van der Waals surface area contributed by atoms with Crippen LogP contribution in [0.2, 0.25) is 0 Å². The number of fused-ring (bicyclic) bond motifs is 1. The van der Waals surface area contributed by atoms with E-state index in [2.05, 4.69) is 5.32 Å². The third-order valence-electron chi connectivity index (χ3n) is 8.70. The van der Waals surface area contributed by atoms with Crippen molar-refractivity contribution < 1.29 is 37.7 Å². The van der Waals surface area contributed by atoms with Gasteiger partial charge in [0.25, 0.3) is 0 Å². The van der Waals surface area contributed by atoms with E-state index in [-0.39, 0.29) is 43.3 Å². The normalized spacial score (nSPS) is 21.5. The van der Waals surface area contributed by atoms with E-state index in [0.717, 1.165) is 49.1 Å². The lowest BCUT2D eigenvalue weighted by molar-refractivity contribution is -0.143. The van der Waals surface area contributed by atoms with Gasteiger partial charge in [-0.25, -0.2) is 18.6 Å². The molecule has 230 valence electrons. The van der Waals surface area contributed by atoms with Crippen LogP contribution in [0.5, 0.6) is 11.5 Å². The average Bonchev–Trinajstić information content (AvgIpc) is 3.02. The van der Waals surface area contributed by atoms with Crippen LogP contribution in [0.25, 0.3) is 0 Å². The molecule has 0 spiro atoms. The average molecular weight is 599 g/mol. The first-order valence-electron chi connectivity index (χ1n) is 14.6. The Morgan fingerprint density at radius 3 is 2.33 bits per heavy atom. The predicted molar refractivity (Wildman–Crippen MR) is 153 cm³/mol. The van der Waals surface area contributed by atoms with Crippen LogP contribution in [-0.2, 0) is 16.0 Å². The number of carboxylic acid groups (broad SMARTS) is 1. The summed E-state index contributed by atoms with van der Waals surface area (Å²) in [5.41, 5.74) is 2.01. The Hall–Kier alpha value is -4.22. The molecule has 2 aliphatic heterocycles. The maximum Gasteiger partial charge on any atom is 0.405 e. The summed E-state index contributed by atoms with van der Waals surface area (Å²) >= 11 is 0. The Labute approximate surface area is 248 Å². The molecular weight excluding hydrogens is 562 g/mol. The molecule has 3 amide bonds. The third-order valence-corrected chi connectivity index (χ3v) is 8.70. The van der Waals surface area contributed by atoms with Crippen LogP contribution >= 0.6 is 0 Å². The fraction of sp³-hybridized carbons (Fsp3) is 0.484. The smallest absolute Gasteiger partial charge is 0.405 e. The summed E-state index contributed by atoms with van der Waals surface area (Å²) in [7, 11) is 3.15. The van der Waals surface area contributed by atoms with Crippen LogP contribution in [0.3, 0.4) is 0 Å². The van der Waals surface area contributed by atoms with Gasteiger partial charge in [0.15, 0.2) is 23.1 Å². The van der Waals surface area contributed by atoms with Crippen LogP contribution < -0.4 is 14.8 Å². The number of carbonyl (C=O) groups is 3. The Morgan fingerprint density at radius 2 is 1.67 bits per heavy atom. The highest BCUT2D eigenvalue weighted by molar-refractivity contribution is 6.07. The topological polar surface area (TPSA) is 121 Å². The highest BCUT2D eigenvalue weighted by atomic mass is 19.2. The number of carbonyl (C=O) groups excluding carboxylic acids is 2. The molecule has 2 heterocycles. The number of piperidine rings is 1. The summed E-state index contributed by atoms with van der Waals surface area (Å²) in [6.07, 6.45) is 3.06. The van der Waals surface area contributed by atoms with E-state index in [4.69, 9.17) is 14.6 Å². The number of hydrogen-bond donors (Lipinski definition) is 2. The molecule has 0 aromatic heterocycles. The largest absolute Gasteiger partial charge is 0.493 e. The zero-order chi connectivity index (χ0) is 30.7. The maximum absolute atomic E-state index is 13.7. The minimum absolute atomic E-state index is 0.00228. The first kappa shape index (κ1) is 30.2. The van der Waals surface area contributed by atoms with E-state index in [1.165, 1.54) is 6.07 Å². The Morgan fingerprint density at radius 1 is 0.977 bits per heavy atom. The van der Waals surface area contributed by atoms with Crippen LogP contribution in [0, 0.1) is 23.5 Å². The molecule has 2 aromatic rings. The molecule has 3 atom stereocenters. The number of likely N-dealkylation sites (tertiary alicyclic amines) is 1. The van der Waals surface area contributed by atoms with E-state index in [9.17, 15) is 28.3 Å². The highest BCUT2D eigenvalue weighted by Gasteiger charge is 2.44. The van der Waals surface area contributed by atoms with Crippen molar-refractivity contribution in [2.45, 2.75) is 57.0 Å². The van der Waals surface area contributed by atoms with Gasteiger partial charge in [0.2, 0.25) is 11.8 Å². The molecule has 2 aromatic carbocycles. The number of hydrazone groups is 1. The molecule has 0 unspecified atom stereocenters. The monoisotopic (exact) mass is 598 g/mol. The predicted octanol–water partition coefficient (Wildman–Crippen LogP) is 4.20. The minimum atomic E-state index is -1.39. The molecule has 1 saturated carbocycles. The SMILES string of the molecule is COc1ccc(C2=NN(C3CCN(C(=O)[C@@H](Cc4ccc(F)c(F)c4)NC(=O)O)CC3)C(=O)[C@@H]3CCCC[C@H]23)cc1OC. The summed E-state index contributed by atoms with van der Waals surface area (Å²) in [5, 5.41) is 18.1. The molecule has 1 aliphatic carbocycles. The van der Waals surface area contributed by atoms with E-state index in [1.54, 1.807) is 24.1 Å². The van der Waals surface area contributed by atoms with Gasteiger partial charge >= 0.3 is 6.09 Å². The van der Waals surface area contributed by atoms with Crippen molar-refractivity contribution in [3.8, 4) is 11.5 Å². The van der Waals surface area contributed by atoms with Crippen molar-refractivity contribution in [1.82, 2.24) is 15.2 Å². The standard InChI is InChI=1S/C31H36F2N4O6/c1-42-26-10-8-19(17-27(26)43-2)28-21-5-3-4-6-22(21)29(38)37(35-28)20-11-13-36(14-12-20)30(39)25(34-31(40)41)16-18-7-9-23(32)24(33)15-18/h7-10,15,17,20-22,25,34H,3-6,11-14,16H2,1-2H3,(H,40,41)/t21-,22+,25+/m0/s1. The van der Waals surface area contributed by atoms with Gasteiger partial charge in [-0.2, -0.15) is 5.10 Å². The van der Waals surface area contributed by atoms with Crippen LogP contribution in [0.15, 0.2) is 41.5 Å². The number of hydrogen-bond acceptors (Lipinski definition) is 6. The molecule has 1 saturated heterocycles. The number of rotatable bonds is 8. The molecule has 2 fully saturated rings. The molecule has 43 heavy (non-hydrogen) atoms. The Kier molecular flexibility index (Phi) is 9.12. The number of benzene rings is 2. The molecule has 0 bridgehead atoms. The summed E-state index contributed by atoms with van der Waals surface area (Å²) in [5.74, 6) is -1.53. The van der Waals surface area contributed by atoms with Gasteiger partial charge in [-0.1, -0.05) is 18.9 Å². The van der Waals surface area contributed by atoms with Gasteiger partial charge in [0.1, 0.15) is 6.04 Å². The number of ether oxygens (including phenoxy) is 2. The first-order valence-corrected chi connectivity index (χ1v) is 14.6. The molecule has 3 aliphatic rings. The number of methoxy groups -OCH3 is 2. The van der Waals surface area contributed by atoms with Crippen molar-refractivity contribution in [2.24, 2.45) is 16.9 Å². The zero-order valence-electron chi connectivity index (χ0n) is 24.2. The number of nitrogens with zero attached hydrogens (tertiary/aromatic N) is 3. The van der Waals surface area contributed by atoms with Gasteiger partial charge in [0.05, 0.1) is 26.0 Å². The number of amides is 3. The minimum Gasteiger partial charge on any atom is -0.493 e. The van der Waals surface area contributed by atoms with E-state index in [1.807, 2.05) is 18.2 Å². The molecule has 0 radical (unpaired) electrons. The fourth-order valence-corrected chi connectivity index (χ4v) is 6.49. The summed E-state index contributed by atoms with van der Waals surface area (Å²) < 4.78 is 38.1. The Bertz CT molecular complexity index is 1410. The number of halogens is 2. The molecule has 12 heteroatoms. The van der Waals surface area contributed by atoms with Gasteiger partial charge in [-0.15, -0.1) is 0 Å². The van der Waals surface area contributed by atoms with Crippen molar-refractivity contribution in [3.63, 3.8) is 0 Å². The van der Waals surface area contributed by atoms with Crippen molar-refractivity contribution >= 4 is 23.6 Å². The lowest BCUT2D eigenvalue weighted by Gasteiger charge is -2.43. The van der Waals surface area contributed by atoms with Gasteiger partial charge in [0, 0.05) is 36.9 Å². The lowest BCUT2D eigenvalue weighted by atomic mass is 9.73. The second-order valence-electron chi connectivity index (χ2n) is 11.2. The van der Waals surface area contributed by atoms with Crippen molar-refractivity contribution in [3.05, 3.63) is 59.2 Å². The molecule has 10 nitrogen and oxygen atoms in total. The van der Waals surface area contributed by atoms with Crippen LogP contribution in [0.1, 0.15) is 49.7 Å². The highest BCUT2D eigenvalue weighted by Crippen LogP contribution is 2.40. The van der Waals surface area contributed by atoms with Gasteiger partial charge < -0.3 is 24.8 Å². The maximum atomic E-state index is 13.7. The third kappa shape index (κ3) is 6.42. The quantitative estimate of drug-likeness (QED) is 0.470. The first-order chi connectivity index (χ1) is 20.7. The second kappa shape index (κ2) is 13.0. The van der Waals surface area contributed by atoms with Crippen LogP contribution in [-0.4, -0.2) is 78.0 Å². The van der Waals surface area contributed by atoms with Gasteiger partial charge in [-0.05, 0) is 61.6 Å². The zero-order valence-corrected chi connectivity index (χ0v) is 24.2. The molecule has 2 N–H and O–H groups in total. The van der Waals surface area contributed by atoms with Crippen LogP contribution in [0.4, 0.5) is 13.6 Å². The van der Waals surface area contributed by atoms with E-state index >= 15 is 0 Å². The van der Waals surface area contributed by atoms with E-state index < -0.39 is 29.7 Å². The molecule has 5 rings (SSSR count). The summed E-state index contributed by atoms with van der Waals surface area (Å²) in [6, 6.07) is 7.48. The van der Waals surface area contributed by atoms with Crippen molar-refractivity contribution in [1.29, 1.82) is 0 Å². The number of nitrogens with one attached hydrogen (secondary N) is 1. The van der Waals surface area contributed by atoms with Gasteiger partial charge in [-0.3, -0.25) is 9.59 Å². The summed E-state index contributed by atoms with van der Waals surface area (Å²) in [4.78, 5) is 40.1. The Balaban J connectivity index is 1.33. The lowest BCUT2D eigenvalue weighted by Crippen LogP contribution is -2.55. The van der Waals surface area contributed by atoms with Crippen molar-refractivity contribution in [2.75, 3.05) is 27.3 Å². The second-order valence-corrected chi connectivity index (χ2v) is 11.2.